The van der Waals surface area contributed by atoms with Crippen LogP contribution >= 0.6 is 11.5 Å². The molecule has 2 aliphatic rings. The third-order valence-electron chi connectivity index (χ3n) is 4.60. The summed E-state index contributed by atoms with van der Waals surface area (Å²) in [5.74, 6) is -0.395. The van der Waals surface area contributed by atoms with Gasteiger partial charge in [-0.15, -0.1) is 0 Å². The Labute approximate surface area is 143 Å². The SMILES string of the molecule is Cc1c(C(=O)c2cnsc2C2CC2)ccc2c1C(=O)N(C)S2(=O)=O. The van der Waals surface area contributed by atoms with E-state index in [1.54, 1.807) is 13.1 Å². The van der Waals surface area contributed by atoms with Crippen LogP contribution in [0.3, 0.4) is 0 Å². The van der Waals surface area contributed by atoms with Crippen molar-refractivity contribution in [3.63, 3.8) is 0 Å². The Morgan fingerprint density at radius 2 is 2.00 bits per heavy atom. The van der Waals surface area contributed by atoms with Gasteiger partial charge >= 0.3 is 0 Å². The normalized spacial score (nSPS) is 18.8. The molecule has 1 aliphatic heterocycles. The van der Waals surface area contributed by atoms with Crippen LogP contribution in [-0.2, 0) is 10.0 Å². The summed E-state index contributed by atoms with van der Waals surface area (Å²) in [6, 6.07) is 2.84. The lowest BCUT2D eigenvalue weighted by atomic mass is 9.95. The number of hydrogen-bond donors (Lipinski definition) is 0. The highest BCUT2D eigenvalue weighted by Crippen LogP contribution is 2.44. The van der Waals surface area contributed by atoms with Crippen molar-refractivity contribution >= 4 is 33.2 Å². The van der Waals surface area contributed by atoms with Gasteiger partial charge in [0.2, 0.25) is 0 Å². The van der Waals surface area contributed by atoms with Crippen LogP contribution in [-0.4, -0.2) is 35.8 Å². The van der Waals surface area contributed by atoms with Gasteiger partial charge in [0.25, 0.3) is 15.9 Å². The molecule has 1 fully saturated rings. The molecule has 6 nitrogen and oxygen atoms in total. The van der Waals surface area contributed by atoms with Gasteiger partial charge in [0.1, 0.15) is 4.90 Å². The second-order valence-electron chi connectivity index (χ2n) is 6.10. The zero-order chi connectivity index (χ0) is 17.2. The predicted octanol–water partition coefficient (Wildman–Crippen LogP) is 2.33. The molecule has 2 heterocycles. The quantitative estimate of drug-likeness (QED) is 0.783. The predicted molar refractivity (Wildman–Crippen MR) is 88.0 cm³/mol. The van der Waals surface area contributed by atoms with Gasteiger partial charge in [-0.2, -0.15) is 0 Å². The van der Waals surface area contributed by atoms with Crippen molar-refractivity contribution in [1.29, 1.82) is 0 Å². The molecule has 0 bridgehead atoms. The fourth-order valence-electron chi connectivity index (χ4n) is 3.03. The Morgan fingerprint density at radius 3 is 2.67 bits per heavy atom. The van der Waals surface area contributed by atoms with E-state index in [1.807, 2.05) is 0 Å². The van der Waals surface area contributed by atoms with Crippen molar-refractivity contribution in [2.24, 2.45) is 0 Å². The largest absolute Gasteiger partial charge is 0.288 e. The van der Waals surface area contributed by atoms with Crippen LogP contribution in [0.25, 0.3) is 0 Å². The van der Waals surface area contributed by atoms with Crippen LogP contribution in [0.2, 0.25) is 0 Å². The minimum atomic E-state index is -3.80. The lowest BCUT2D eigenvalue weighted by molar-refractivity contribution is 0.0891. The highest BCUT2D eigenvalue weighted by Gasteiger charge is 2.41. The van der Waals surface area contributed by atoms with Crippen molar-refractivity contribution in [3.05, 3.63) is 45.5 Å². The maximum Gasteiger partial charge on any atom is 0.269 e. The highest BCUT2D eigenvalue weighted by atomic mass is 32.2. The Kier molecular flexibility index (Phi) is 3.20. The monoisotopic (exact) mass is 362 g/mol. The summed E-state index contributed by atoms with van der Waals surface area (Å²) in [5.41, 5.74) is 1.42. The summed E-state index contributed by atoms with van der Waals surface area (Å²) in [6.07, 6.45) is 3.69. The number of ketones is 1. The third-order valence-corrected chi connectivity index (χ3v) is 7.34. The molecule has 8 heteroatoms. The first-order valence-electron chi connectivity index (χ1n) is 7.50. The molecule has 24 heavy (non-hydrogen) atoms. The number of hydrogen-bond acceptors (Lipinski definition) is 6. The first-order chi connectivity index (χ1) is 11.3. The molecular weight excluding hydrogens is 348 g/mol. The van der Waals surface area contributed by atoms with E-state index in [0.717, 1.165) is 22.0 Å². The second kappa shape index (κ2) is 4.97. The second-order valence-corrected chi connectivity index (χ2v) is 8.87. The molecule has 0 radical (unpaired) electrons. The number of nitrogens with zero attached hydrogens (tertiary/aromatic N) is 2. The molecule has 1 saturated carbocycles. The van der Waals surface area contributed by atoms with E-state index < -0.39 is 15.9 Å². The van der Waals surface area contributed by atoms with Gasteiger partial charge in [-0.1, -0.05) is 0 Å². The maximum absolute atomic E-state index is 12.9. The molecule has 0 spiro atoms. The van der Waals surface area contributed by atoms with Crippen molar-refractivity contribution in [1.82, 2.24) is 8.68 Å². The summed E-state index contributed by atoms with van der Waals surface area (Å²) in [6.45, 7) is 1.62. The molecular formula is C16H14N2O4S2. The molecule has 1 aromatic carbocycles. The summed E-state index contributed by atoms with van der Waals surface area (Å²) in [5, 5.41) is 0. The molecule has 1 aliphatic carbocycles. The molecule has 0 N–H and O–H groups in total. The number of sulfonamides is 1. The number of carbonyl (C=O) groups excluding carboxylic acids is 2. The Bertz CT molecular complexity index is 1000. The van der Waals surface area contributed by atoms with Crippen LogP contribution in [0.4, 0.5) is 0 Å². The molecule has 124 valence electrons. The number of fused-ring (bicyclic) bond motifs is 1. The van der Waals surface area contributed by atoms with Crippen LogP contribution in [0.5, 0.6) is 0 Å². The lowest BCUT2D eigenvalue weighted by Gasteiger charge is -2.08. The average molecular weight is 362 g/mol. The Hall–Kier alpha value is -2.06. The first kappa shape index (κ1) is 15.5. The average Bonchev–Trinajstić information content (AvgIpc) is 3.25. The number of carbonyl (C=O) groups is 2. The van der Waals surface area contributed by atoms with Gasteiger partial charge in [-0.25, -0.2) is 17.1 Å². The van der Waals surface area contributed by atoms with E-state index in [0.29, 0.717) is 22.6 Å². The summed E-state index contributed by atoms with van der Waals surface area (Å²) < 4.78 is 29.3. The fraction of sp³-hybridized carbons (Fsp3) is 0.312. The molecule has 1 amide bonds. The van der Waals surface area contributed by atoms with Crippen molar-refractivity contribution < 1.29 is 18.0 Å². The van der Waals surface area contributed by atoms with Gasteiger partial charge in [0.15, 0.2) is 5.78 Å². The lowest BCUT2D eigenvalue weighted by Crippen LogP contribution is -2.25. The molecule has 0 unspecified atom stereocenters. The smallest absolute Gasteiger partial charge is 0.269 e. The van der Waals surface area contributed by atoms with Crippen LogP contribution in [0, 0.1) is 6.92 Å². The van der Waals surface area contributed by atoms with E-state index in [1.165, 1.54) is 30.7 Å². The molecule has 0 saturated heterocycles. The highest BCUT2D eigenvalue weighted by molar-refractivity contribution is 7.90. The number of rotatable bonds is 3. The van der Waals surface area contributed by atoms with Crippen LogP contribution < -0.4 is 0 Å². The van der Waals surface area contributed by atoms with Gasteiger partial charge < -0.3 is 0 Å². The standard InChI is InChI=1S/C16H14N2O4S2/c1-8-10(14(19)11-7-17-23-15(11)9-3-4-9)5-6-12-13(8)16(20)18(2)24(12,21)22/h5-7,9H,3-4H2,1-2H3. The van der Waals surface area contributed by atoms with E-state index >= 15 is 0 Å². The van der Waals surface area contributed by atoms with Crippen molar-refractivity contribution in [2.45, 2.75) is 30.6 Å². The summed E-state index contributed by atoms with van der Waals surface area (Å²) in [4.78, 5) is 26.2. The van der Waals surface area contributed by atoms with Gasteiger partial charge in [-0.05, 0) is 54.9 Å². The van der Waals surface area contributed by atoms with Gasteiger partial charge in [0, 0.05) is 17.5 Å². The number of benzene rings is 1. The topological polar surface area (TPSA) is 84.4 Å². The Morgan fingerprint density at radius 1 is 1.29 bits per heavy atom. The summed E-state index contributed by atoms with van der Waals surface area (Å²) in [7, 11) is -2.57. The minimum absolute atomic E-state index is 0.0325. The van der Waals surface area contributed by atoms with E-state index in [2.05, 4.69) is 4.37 Å². The third kappa shape index (κ3) is 1.99. The molecule has 0 atom stereocenters. The maximum atomic E-state index is 12.9. The van der Waals surface area contributed by atoms with E-state index in [-0.39, 0.29) is 16.2 Å². The van der Waals surface area contributed by atoms with E-state index in [4.69, 9.17) is 0 Å². The van der Waals surface area contributed by atoms with Gasteiger partial charge in [-0.3, -0.25) is 9.59 Å². The van der Waals surface area contributed by atoms with E-state index in [9.17, 15) is 18.0 Å². The van der Waals surface area contributed by atoms with Crippen LogP contribution in [0.1, 0.15) is 55.5 Å². The number of aromatic nitrogens is 1. The first-order valence-corrected chi connectivity index (χ1v) is 9.71. The zero-order valence-electron chi connectivity index (χ0n) is 13.1. The van der Waals surface area contributed by atoms with Crippen molar-refractivity contribution in [2.75, 3.05) is 7.05 Å². The fourth-order valence-corrected chi connectivity index (χ4v) is 5.28. The Balaban J connectivity index is 1.86. The molecule has 2 aromatic rings. The van der Waals surface area contributed by atoms with Gasteiger partial charge in [0.05, 0.1) is 17.3 Å². The molecule has 1 aromatic heterocycles. The van der Waals surface area contributed by atoms with Crippen LogP contribution in [0.15, 0.2) is 23.2 Å². The summed E-state index contributed by atoms with van der Waals surface area (Å²) >= 11 is 1.33. The van der Waals surface area contributed by atoms with Crippen molar-refractivity contribution in [3.8, 4) is 0 Å². The zero-order valence-corrected chi connectivity index (χ0v) is 14.7. The minimum Gasteiger partial charge on any atom is -0.288 e. The molecule has 4 rings (SSSR count). The number of amides is 1.